The zero-order valence-electron chi connectivity index (χ0n) is 4.32. The Bertz CT molecular complexity index is 15.5. The Hall–Kier alpha value is 1.42. The zero-order valence-corrected chi connectivity index (χ0v) is 7.87. The predicted octanol–water partition coefficient (Wildman–Crippen LogP) is 1.37. The van der Waals surface area contributed by atoms with Gasteiger partial charge < -0.3 is 0 Å². The van der Waals surface area contributed by atoms with Gasteiger partial charge in [-0.1, -0.05) is 19.6 Å². The first kappa shape index (κ1) is 15.7. The van der Waals surface area contributed by atoms with Crippen LogP contribution in [-0.4, -0.2) is 8.80 Å². The molecular weight excluding hydrogens is 171 g/mol. The van der Waals surface area contributed by atoms with Crippen LogP contribution in [0, 0.1) is 0 Å². The van der Waals surface area contributed by atoms with E-state index in [9.17, 15) is 0 Å². The predicted molar refractivity (Wildman–Crippen MR) is 23.3 cm³/mol. The van der Waals surface area contributed by atoms with Crippen LogP contribution >= 0.6 is 0 Å². The van der Waals surface area contributed by atoms with Crippen LogP contribution in [0.5, 0.6) is 0 Å². The van der Waals surface area contributed by atoms with Crippen LogP contribution in [0.2, 0.25) is 19.6 Å². The molecule has 0 aromatic rings. The van der Waals surface area contributed by atoms with Crippen LogP contribution in [0.1, 0.15) is 0 Å². The third-order valence-corrected chi connectivity index (χ3v) is 0. The maximum atomic E-state index is 2.27. The summed E-state index contributed by atoms with van der Waals surface area (Å²) >= 11 is 0. The van der Waals surface area contributed by atoms with E-state index in [1.807, 2.05) is 0 Å². The van der Waals surface area contributed by atoms with Crippen molar-refractivity contribution in [3.63, 3.8) is 0 Å². The first-order chi connectivity index (χ1) is 1.73. The van der Waals surface area contributed by atoms with Gasteiger partial charge in [0.15, 0.2) is 0 Å². The third kappa shape index (κ3) is 52.3. The Kier molecular flexibility index (Phi) is 25.2. The molecule has 0 rings (SSSR count). The van der Waals surface area contributed by atoms with Crippen molar-refractivity contribution in [1.82, 2.24) is 0 Å². The number of rotatable bonds is 0. The molecule has 0 aliphatic rings. The van der Waals surface area contributed by atoms with Crippen LogP contribution in [-0.2, 0) is 38.2 Å². The average Bonchev–Trinajstić information content (AvgIpc) is 0.811. The van der Waals surface area contributed by atoms with E-state index in [4.69, 9.17) is 0 Å². The molecule has 0 aromatic heterocycles. The van der Waals surface area contributed by atoms with Gasteiger partial charge >= 0.3 is 0 Å². The molecule has 0 unspecified atom stereocenters. The van der Waals surface area contributed by atoms with Crippen LogP contribution < -0.4 is 0 Å². The molecule has 0 nitrogen and oxygen atoms in total. The van der Waals surface area contributed by atoms with Gasteiger partial charge in [-0.25, -0.2) is 0 Å². The smallest absolute Gasteiger partial charge is 0.0379 e. The first-order valence-electron chi connectivity index (χ1n) is 1.50. The molecule has 0 saturated heterocycles. The van der Waals surface area contributed by atoms with Crippen molar-refractivity contribution < 1.29 is 38.2 Å². The molecule has 0 aliphatic carbocycles. The largest absolute Gasteiger partial charge is 0.0715 e. The van der Waals surface area contributed by atoms with Crippen molar-refractivity contribution in [2.45, 2.75) is 19.6 Å². The van der Waals surface area contributed by atoms with Gasteiger partial charge in [0.25, 0.3) is 0 Å². The van der Waals surface area contributed by atoms with Gasteiger partial charge in [0.1, 0.15) is 0 Å². The molecule has 0 fully saturated rings. The topological polar surface area (TPSA) is 0 Å². The molecule has 0 aliphatic heterocycles. The second kappa shape index (κ2) is 9.66. The number of hydrogen-bond donors (Lipinski definition) is 0. The van der Waals surface area contributed by atoms with Crippen molar-refractivity contribution in [3.8, 4) is 0 Å². The molecule has 0 spiro atoms. The minimum atomic E-state index is 0. The molecule has 39 valence electrons. The standard InChI is InChI=1S/C3H9Si.Ni.Ti/c1-4(2)3;;/h1-3H3;;. The first-order valence-corrected chi connectivity index (χ1v) is 4.50. The molecule has 6 heavy (non-hydrogen) atoms. The van der Waals surface area contributed by atoms with Gasteiger partial charge in [-0.05, 0) is 0 Å². The van der Waals surface area contributed by atoms with E-state index >= 15 is 0 Å². The molecular formula is C3H9NiSiTi. The van der Waals surface area contributed by atoms with E-state index < -0.39 is 0 Å². The van der Waals surface area contributed by atoms with Gasteiger partial charge in [-0.2, -0.15) is 0 Å². The summed E-state index contributed by atoms with van der Waals surface area (Å²) in [6.07, 6.45) is 0. The summed E-state index contributed by atoms with van der Waals surface area (Å²) in [5, 5.41) is 0. The van der Waals surface area contributed by atoms with Gasteiger partial charge in [-0.3, -0.25) is 0 Å². The molecule has 0 atom stereocenters. The van der Waals surface area contributed by atoms with Crippen molar-refractivity contribution in [2.75, 3.05) is 0 Å². The molecule has 0 amide bonds. The van der Waals surface area contributed by atoms with Gasteiger partial charge in [-0.15, -0.1) is 0 Å². The molecule has 0 heterocycles. The summed E-state index contributed by atoms with van der Waals surface area (Å²) in [4.78, 5) is 0. The minimum absolute atomic E-state index is 0. The Morgan fingerprint density at radius 3 is 1.00 bits per heavy atom. The van der Waals surface area contributed by atoms with E-state index in [1.165, 1.54) is 0 Å². The molecule has 0 N–H and O–H groups in total. The van der Waals surface area contributed by atoms with Gasteiger partial charge in [0.2, 0.25) is 0 Å². The number of hydrogen-bond acceptors (Lipinski definition) is 0. The van der Waals surface area contributed by atoms with Crippen LogP contribution in [0.15, 0.2) is 0 Å². The molecule has 1 radical (unpaired) electrons. The fourth-order valence-corrected chi connectivity index (χ4v) is 0. The fraction of sp³-hybridized carbons (Fsp3) is 1.00. The zero-order chi connectivity index (χ0) is 3.58. The molecule has 0 bridgehead atoms. The second-order valence-corrected chi connectivity index (χ2v) is 4.50. The summed E-state index contributed by atoms with van der Waals surface area (Å²) in [5.41, 5.74) is 0. The summed E-state index contributed by atoms with van der Waals surface area (Å²) in [5.74, 6) is 0. The van der Waals surface area contributed by atoms with Crippen LogP contribution in [0.3, 0.4) is 0 Å². The molecule has 0 aromatic carbocycles. The van der Waals surface area contributed by atoms with E-state index in [0.29, 0.717) is 0 Å². The van der Waals surface area contributed by atoms with Crippen molar-refractivity contribution in [3.05, 3.63) is 0 Å². The normalized spacial score (nSPS) is 6.00. The summed E-state index contributed by atoms with van der Waals surface area (Å²) < 4.78 is 0. The van der Waals surface area contributed by atoms with Gasteiger partial charge in [0, 0.05) is 47.0 Å². The van der Waals surface area contributed by atoms with E-state index in [-0.39, 0.29) is 47.0 Å². The van der Waals surface area contributed by atoms with Crippen LogP contribution in [0.25, 0.3) is 0 Å². The minimum Gasteiger partial charge on any atom is -0.0715 e. The van der Waals surface area contributed by atoms with E-state index in [0.717, 1.165) is 0 Å². The SMILES string of the molecule is C[Si](C)C.[Ni].[Ti]. The Morgan fingerprint density at radius 1 is 1.00 bits per heavy atom. The maximum absolute atomic E-state index is 2.27. The Labute approximate surface area is 66.5 Å². The van der Waals surface area contributed by atoms with Crippen LogP contribution in [0.4, 0.5) is 0 Å². The summed E-state index contributed by atoms with van der Waals surface area (Å²) in [7, 11) is 0.120. The van der Waals surface area contributed by atoms with E-state index in [1.54, 1.807) is 0 Å². The third-order valence-electron chi connectivity index (χ3n) is 0. The molecule has 3 heteroatoms. The van der Waals surface area contributed by atoms with Gasteiger partial charge in [0.05, 0.1) is 0 Å². The second-order valence-electron chi connectivity index (χ2n) is 1.50. The Balaban J connectivity index is -0.0000000450. The fourth-order valence-electron chi connectivity index (χ4n) is 0. The summed E-state index contributed by atoms with van der Waals surface area (Å²) in [6, 6.07) is 0. The van der Waals surface area contributed by atoms with Crippen molar-refractivity contribution in [2.24, 2.45) is 0 Å². The summed E-state index contributed by atoms with van der Waals surface area (Å²) in [6.45, 7) is 6.81. The Morgan fingerprint density at radius 2 is 1.00 bits per heavy atom. The monoisotopic (exact) mass is 179 g/mol. The molecule has 0 saturated carbocycles. The van der Waals surface area contributed by atoms with Crippen molar-refractivity contribution in [1.29, 1.82) is 0 Å². The maximum Gasteiger partial charge on any atom is 0.0379 e. The van der Waals surface area contributed by atoms with E-state index in [2.05, 4.69) is 19.6 Å². The average molecular weight is 180 g/mol. The quantitative estimate of drug-likeness (QED) is 0.493. The van der Waals surface area contributed by atoms with Crippen molar-refractivity contribution >= 4 is 8.80 Å².